The molecule has 0 fully saturated rings. The first-order valence-corrected chi connectivity index (χ1v) is 10.2. The molecule has 0 aliphatic heterocycles. The second kappa shape index (κ2) is 10.9. The molecule has 150 valence electrons. The zero-order chi connectivity index (χ0) is 19.6. The van der Waals surface area contributed by atoms with Crippen molar-refractivity contribution in [2.24, 2.45) is 4.99 Å². The SMILES string of the molecule is CCN(CC)CCCC(C)NC(=NC)NCCn1c(C)nc2ccccc21. The quantitative estimate of drug-likeness (QED) is 0.497. The van der Waals surface area contributed by atoms with E-state index in [9.17, 15) is 0 Å². The van der Waals surface area contributed by atoms with Crippen LogP contribution in [0, 0.1) is 6.92 Å². The van der Waals surface area contributed by atoms with Gasteiger partial charge in [0.1, 0.15) is 5.82 Å². The molecule has 1 aromatic heterocycles. The molecule has 0 aliphatic carbocycles. The van der Waals surface area contributed by atoms with Crippen LogP contribution >= 0.6 is 0 Å². The third-order valence-corrected chi connectivity index (χ3v) is 5.09. The van der Waals surface area contributed by atoms with E-state index in [-0.39, 0.29) is 0 Å². The van der Waals surface area contributed by atoms with E-state index < -0.39 is 0 Å². The molecule has 0 saturated carbocycles. The van der Waals surface area contributed by atoms with Gasteiger partial charge in [0.15, 0.2) is 5.96 Å². The van der Waals surface area contributed by atoms with Gasteiger partial charge < -0.3 is 20.1 Å². The molecule has 1 aromatic carbocycles. The molecular weight excluding hydrogens is 336 g/mol. The van der Waals surface area contributed by atoms with Gasteiger partial charge in [0.05, 0.1) is 11.0 Å². The van der Waals surface area contributed by atoms with Gasteiger partial charge in [-0.25, -0.2) is 4.98 Å². The molecule has 2 rings (SSSR count). The van der Waals surface area contributed by atoms with Crippen LogP contribution in [0.25, 0.3) is 11.0 Å². The molecule has 0 radical (unpaired) electrons. The van der Waals surface area contributed by atoms with Gasteiger partial charge in [-0.2, -0.15) is 0 Å². The lowest BCUT2D eigenvalue weighted by Gasteiger charge is -2.21. The highest BCUT2D eigenvalue weighted by molar-refractivity contribution is 5.80. The highest BCUT2D eigenvalue weighted by Crippen LogP contribution is 2.14. The topological polar surface area (TPSA) is 57.5 Å². The average molecular weight is 373 g/mol. The third-order valence-electron chi connectivity index (χ3n) is 5.09. The molecular formula is C21H36N6. The number of hydrogen-bond donors (Lipinski definition) is 2. The highest BCUT2D eigenvalue weighted by Gasteiger charge is 2.08. The Bertz CT molecular complexity index is 717. The van der Waals surface area contributed by atoms with E-state index in [4.69, 9.17) is 0 Å². The summed E-state index contributed by atoms with van der Waals surface area (Å²) in [7, 11) is 1.83. The van der Waals surface area contributed by atoms with E-state index in [0.29, 0.717) is 6.04 Å². The van der Waals surface area contributed by atoms with Crippen LogP contribution in [-0.4, -0.2) is 59.7 Å². The van der Waals surface area contributed by atoms with Gasteiger partial charge in [-0.1, -0.05) is 26.0 Å². The summed E-state index contributed by atoms with van der Waals surface area (Å²) in [6, 6.07) is 8.69. The van der Waals surface area contributed by atoms with Gasteiger partial charge in [0.25, 0.3) is 0 Å². The zero-order valence-corrected chi connectivity index (χ0v) is 17.6. The fourth-order valence-corrected chi connectivity index (χ4v) is 3.43. The van der Waals surface area contributed by atoms with Crippen molar-refractivity contribution in [2.45, 2.75) is 53.1 Å². The predicted octanol–water partition coefficient (Wildman–Crippen LogP) is 3.02. The van der Waals surface area contributed by atoms with Gasteiger partial charge >= 0.3 is 0 Å². The number of hydrogen-bond acceptors (Lipinski definition) is 3. The fourth-order valence-electron chi connectivity index (χ4n) is 3.43. The van der Waals surface area contributed by atoms with Crippen LogP contribution in [0.5, 0.6) is 0 Å². The molecule has 6 nitrogen and oxygen atoms in total. The minimum atomic E-state index is 0.405. The van der Waals surface area contributed by atoms with Crippen LogP contribution in [0.2, 0.25) is 0 Å². The first-order valence-electron chi connectivity index (χ1n) is 10.2. The number of aromatic nitrogens is 2. The summed E-state index contributed by atoms with van der Waals surface area (Å²) in [5, 5.41) is 6.94. The summed E-state index contributed by atoms with van der Waals surface area (Å²) in [4.78, 5) is 11.5. The lowest BCUT2D eigenvalue weighted by molar-refractivity contribution is 0.292. The molecule has 1 heterocycles. The largest absolute Gasteiger partial charge is 0.355 e. The molecule has 0 saturated heterocycles. The van der Waals surface area contributed by atoms with Crippen LogP contribution in [0.15, 0.2) is 29.3 Å². The van der Waals surface area contributed by atoms with E-state index in [0.717, 1.165) is 56.4 Å². The molecule has 0 amide bonds. The zero-order valence-electron chi connectivity index (χ0n) is 17.6. The van der Waals surface area contributed by atoms with Gasteiger partial charge in [-0.3, -0.25) is 4.99 Å². The van der Waals surface area contributed by atoms with Crippen molar-refractivity contribution in [1.82, 2.24) is 25.1 Å². The summed E-state index contributed by atoms with van der Waals surface area (Å²) in [6.07, 6.45) is 2.34. The normalized spacial score (nSPS) is 13.3. The standard InChI is InChI=1S/C21H36N6/c1-6-26(7-2)15-10-11-17(3)24-21(22-5)23-14-16-27-18(4)25-19-12-8-9-13-20(19)27/h8-9,12-13,17H,6-7,10-11,14-16H2,1-5H3,(H2,22,23,24). The Morgan fingerprint density at radius 2 is 2.00 bits per heavy atom. The third kappa shape index (κ3) is 6.24. The Balaban J connectivity index is 1.77. The molecule has 0 spiro atoms. The lowest BCUT2D eigenvalue weighted by atomic mass is 10.2. The predicted molar refractivity (Wildman–Crippen MR) is 115 cm³/mol. The first-order chi connectivity index (χ1) is 13.1. The van der Waals surface area contributed by atoms with Crippen LogP contribution in [0.1, 0.15) is 39.4 Å². The van der Waals surface area contributed by atoms with Crippen molar-refractivity contribution in [1.29, 1.82) is 0 Å². The first kappa shape index (κ1) is 21.2. The number of guanidine groups is 1. The van der Waals surface area contributed by atoms with Crippen molar-refractivity contribution in [3.05, 3.63) is 30.1 Å². The van der Waals surface area contributed by atoms with Crippen LogP contribution in [0.3, 0.4) is 0 Å². The van der Waals surface area contributed by atoms with Gasteiger partial charge in [0, 0.05) is 26.2 Å². The van der Waals surface area contributed by atoms with E-state index in [1.165, 1.54) is 11.9 Å². The van der Waals surface area contributed by atoms with Crippen molar-refractivity contribution < 1.29 is 0 Å². The number of rotatable bonds is 10. The molecule has 2 N–H and O–H groups in total. The molecule has 27 heavy (non-hydrogen) atoms. The maximum atomic E-state index is 4.63. The molecule has 2 aromatic rings. The molecule has 1 unspecified atom stereocenters. The number of aryl methyl sites for hydroxylation is 1. The Morgan fingerprint density at radius 3 is 2.70 bits per heavy atom. The van der Waals surface area contributed by atoms with E-state index in [1.807, 2.05) is 13.1 Å². The fraction of sp³-hybridized carbons (Fsp3) is 0.619. The maximum Gasteiger partial charge on any atom is 0.191 e. The Labute approximate surface area is 164 Å². The summed E-state index contributed by atoms with van der Waals surface area (Å²) in [5.74, 6) is 1.91. The van der Waals surface area contributed by atoms with E-state index in [1.54, 1.807) is 0 Å². The van der Waals surface area contributed by atoms with Gasteiger partial charge in [-0.15, -0.1) is 0 Å². The second-order valence-corrected chi connectivity index (χ2v) is 7.01. The van der Waals surface area contributed by atoms with Crippen LogP contribution in [0.4, 0.5) is 0 Å². The van der Waals surface area contributed by atoms with Gasteiger partial charge in [-0.05, 0) is 58.5 Å². The maximum absolute atomic E-state index is 4.63. The number of nitrogens with one attached hydrogen (secondary N) is 2. The Hall–Kier alpha value is -2.08. The average Bonchev–Trinajstić information content (AvgIpc) is 2.99. The second-order valence-electron chi connectivity index (χ2n) is 7.01. The molecule has 0 bridgehead atoms. The van der Waals surface area contributed by atoms with E-state index >= 15 is 0 Å². The van der Waals surface area contributed by atoms with Crippen molar-refractivity contribution >= 4 is 17.0 Å². The summed E-state index contributed by atoms with van der Waals surface area (Å²) < 4.78 is 2.25. The van der Waals surface area contributed by atoms with E-state index in [2.05, 4.69) is 76.0 Å². The summed E-state index contributed by atoms with van der Waals surface area (Å²) in [5.41, 5.74) is 2.24. The molecule has 0 aliphatic rings. The number of nitrogens with zero attached hydrogens (tertiary/aromatic N) is 4. The summed E-state index contributed by atoms with van der Waals surface area (Å²) >= 11 is 0. The number of fused-ring (bicyclic) bond motifs is 1. The minimum absolute atomic E-state index is 0.405. The monoisotopic (exact) mass is 372 g/mol. The smallest absolute Gasteiger partial charge is 0.191 e. The van der Waals surface area contributed by atoms with Crippen LogP contribution < -0.4 is 10.6 Å². The molecule has 1 atom stereocenters. The lowest BCUT2D eigenvalue weighted by Crippen LogP contribution is -2.43. The number of aliphatic imine (C=N–C) groups is 1. The minimum Gasteiger partial charge on any atom is -0.355 e. The van der Waals surface area contributed by atoms with Crippen LogP contribution in [-0.2, 0) is 6.54 Å². The van der Waals surface area contributed by atoms with Crippen molar-refractivity contribution in [3.8, 4) is 0 Å². The van der Waals surface area contributed by atoms with Gasteiger partial charge in [0.2, 0.25) is 0 Å². The number of imidazole rings is 1. The Morgan fingerprint density at radius 1 is 1.26 bits per heavy atom. The van der Waals surface area contributed by atoms with Crippen molar-refractivity contribution in [3.63, 3.8) is 0 Å². The molecule has 6 heteroatoms. The Kier molecular flexibility index (Phi) is 8.58. The van der Waals surface area contributed by atoms with Crippen molar-refractivity contribution in [2.75, 3.05) is 33.2 Å². The summed E-state index contributed by atoms with van der Waals surface area (Å²) in [6.45, 7) is 13.8. The number of para-hydroxylation sites is 2. The number of benzene rings is 1. The highest BCUT2D eigenvalue weighted by atomic mass is 15.2.